The Morgan fingerprint density at radius 2 is 2.04 bits per heavy atom. The van der Waals surface area contributed by atoms with Crippen LogP contribution in [0.3, 0.4) is 0 Å². The van der Waals surface area contributed by atoms with E-state index in [4.69, 9.17) is 0 Å². The molecule has 1 aliphatic rings. The molecule has 0 aromatic heterocycles. The van der Waals surface area contributed by atoms with Crippen molar-refractivity contribution >= 4 is 5.96 Å². The summed E-state index contributed by atoms with van der Waals surface area (Å²) in [6.45, 7) is 4.41. The second-order valence-electron chi connectivity index (χ2n) is 6.26. The zero-order valence-corrected chi connectivity index (χ0v) is 14.6. The lowest BCUT2D eigenvalue weighted by Gasteiger charge is -2.37. The third kappa shape index (κ3) is 5.42. The predicted octanol–water partition coefficient (Wildman–Crippen LogP) is 0.918. The molecule has 5 nitrogen and oxygen atoms in total. The van der Waals surface area contributed by atoms with Gasteiger partial charge in [-0.1, -0.05) is 0 Å². The van der Waals surface area contributed by atoms with E-state index >= 15 is 0 Å². The summed E-state index contributed by atoms with van der Waals surface area (Å²) in [4.78, 5) is 8.83. The Bertz CT molecular complexity index is 564. The van der Waals surface area contributed by atoms with Gasteiger partial charge in [-0.15, -0.1) is 0 Å². The van der Waals surface area contributed by atoms with Crippen molar-refractivity contribution in [1.82, 2.24) is 20.4 Å². The van der Waals surface area contributed by atoms with Crippen molar-refractivity contribution in [2.45, 2.75) is 12.5 Å². The molecule has 134 valence electrons. The average molecular weight is 339 g/mol. The minimum Gasteiger partial charge on any atom is -0.356 e. The van der Waals surface area contributed by atoms with Gasteiger partial charge in [0, 0.05) is 45.8 Å². The number of guanidine groups is 1. The number of benzene rings is 1. The van der Waals surface area contributed by atoms with E-state index in [0.29, 0.717) is 30.5 Å². The van der Waals surface area contributed by atoms with Crippen LogP contribution >= 0.6 is 0 Å². The molecule has 0 radical (unpaired) electrons. The maximum absolute atomic E-state index is 13.6. The number of aliphatic imine (C=N–C) groups is 1. The van der Waals surface area contributed by atoms with E-state index in [0.717, 1.165) is 38.3 Å². The molecule has 2 N–H and O–H groups in total. The fourth-order valence-electron chi connectivity index (χ4n) is 2.81. The summed E-state index contributed by atoms with van der Waals surface area (Å²) < 4.78 is 26.8. The number of nitrogens with one attached hydrogen (secondary N) is 2. The van der Waals surface area contributed by atoms with Gasteiger partial charge in [0.25, 0.3) is 0 Å². The lowest BCUT2D eigenvalue weighted by molar-refractivity contribution is 0.116. The summed E-state index contributed by atoms with van der Waals surface area (Å²) in [5.41, 5.74) is 0.367. The van der Waals surface area contributed by atoms with Crippen LogP contribution in [0, 0.1) is 11.6 Å². The standard InChI is InChI=1S/C17H27F2N5/c1-20-17(22-11-15-12-23(2)8-9-24(15)3)21-7-6-13-10-14(18)4-5-16(13)19/h4-5,10,15H,6-9,11-12H2,1-3H3,(H2,20,21,22). The first-order chi connectivity index (χ1) is 11.5. The van der Waals surface area contributed by atoms with Crippen molar-refractivity contribution in [3.8, 4) is 0 Å². The van der Waals surface area contributed by atoms with Crippen molar-refractivity contribution in [3.05, 3.63) is 35.4 Å². The van der Waals surface area contributed by atoms with Crippen molar-refractivity contribution in [2.24, 2.45) is 4.99 Å². The van der Waals surface area contributed by atoms with Gasteiger partial charge in [-0.3, -0.25) is 9.89 Å². The first kappa shape index (κ1) is 18.6. The van der Waals surface area contributed by atoms with E-state index in [9.17, 15) is 8.78 Å². The van der Waals surface area contributed by atoms with Crippen molar-refractivity contribution in [2.75, 3.05) is 53.9 Å². The first-order valence-electron chi connectivity index (χ1n) is 8.27. The summed E-state index contributed by atoms with van der Waals surface area (Å²) in [7, 11) is 5.96. The molecule has 1 fully saturated rings. The first-order valence-corrected chi connectivity index (χ1v) is 8.27. The van der Waals surface area contributed by atoms with Crippen LogP contribution in [0.25, 0.3) is 0 Å². The number of piperazine rings is 1. The molecule has 1 atom stereocenters. The predicted molar refractivity (Wildman–Crippen MR) is 93.3 cm³/mol. The molecule has 1 saturated heterocycles. The Morgan fingerprint density at radius 1 is 1.25 bits per heavy atom. The van der Waals surface area contributed by atoms with Gasteiger partial charge < -0.3 is 15.5 Å². The van der Waals surface area contributed by atoms with Crippen LogP contribution in [0.15, 0.2) is 23.2 Å². The number of hydrogen-bond donors (Lipinski definition) is 2. The maximum Gasteiger partial charge on any atom is 0.191 e. The molecule has 2 rings (SSSR count). The van der Waals surface area contributed by atoms with Crippen molar-refractivity contribution in [1.29, 1.82) is 0 Å². The zero-order valence-electron chi connectivity index (χ0n) is 14.6. The molecular formula is C17H27F2N5. The highest BCUT2D eigenvalue weighted by Gasteiger charge is 2.21. The van der Waals surface area contributed by atoms with Gasteiger partial charge >= 0.3 is 0 Å². The monoisotopic (exact) mass is 339 g/mol. The lowest BCUT2D eigenvalue weighted by atomic mass is 10.1. The van der Waals surface area contributed by atoms with E-state index in [2.05, 4.69) is 39.5 Å². The van der Waals surface area contributed by atoms with E-state index in [1.54, 1.807) is 7.05 Å². The molecule has 0 bridgehead atoms. The highest BCUT2D eigenvalue weighted by atomic mass is 19.1. The van der Waals surface area contributed by atoms with Crippen LogP contribution in [-0.2, 0) is 6.42 Å². The van der Waals surface area contributed by atoms with Crippen molar-refractivity contribution < 1.29 is 8.78 Å². The van der Waals surface area contributed by atoms with Crippen LogP contribution < -0.4 is 10.6 Å². The third-order valence-electron chi connectivity index (χ3n) is 4.40. The molecule has 0 spiro atoms. The topological polar surface area (TPSA) is 42.9 Å². The van der Waals surface area contributed by atoms with E-state index in [-0.39, 0.29) is 5.82 Å². The molecular weight excluding hydrogens is 312 g/mol. The van der Waals surface area contributed by atoms with Gasteiger partial charge in [0.05, 0.1) is 0 Å². The molecule has 24 heavy (non-hydrogen) atoms. The molecule has 0 saturated carbocycles. The van der Waals surface area contributed by atoms with Gasteiger partial charge in [0.2, 0.25) is 0 Å². The quantitative estimate of drug-likeness (QED) is 0.618. The zero-order chi connectivity index (χ0) is 17.5. The molecule has 1 unspecified atom stereocenters. The van der Waals surface area contributed by atoms with E-state index in [1.165, 1.54) is 6.07 Å². The molecule has 0 amide bonds. The highest BCUT2D eigenvalue weighted by Crippen LogP contribution is 2.09. The second-order valence-corrected chi connectivity index (χ2v) is 6.26. The lowest BCUT2D eigenvalue weighted by Crippen LogP contribution is -2.55. The molecule has 1 heterocycles. The smallest absolute Gasteiger partial charge is 0.191 e. The van der Waals surface area contributed by atoms with E-state index in [1.807, 2.05) is 0 Å². The second kappa shape index (κ2) is 8.94. The largest absolute Gasteiger partial charge is 0.356 e. The summed E-state index contributed by atoms with van der Waals surface area (Å²) in [6.07, 6.45) is 0.399. The number of nitrogens with zero attached hydrogens (tertiary/aromatic N) is 3. The summed E-state index contributed by atoms with van der Waals surface area (Å²) in [5, 5.41) is 6.45. The maximum atomic E-state index is 13.6. The molecule has 1 aromatic carbocycles. The molecule has 1 aromatic rings. The normalized spacial score (nSPS) is 20.2. The highest BCUT2D eigenvalue weighted by molar-refractivity contribution is 5.79. The Kier molecular flexibility index (Phi) is 6.93. The summed E-state index contributed by atoms with van der Waals surface area (Å²) in [5.74, 6) is -0.125. The van der Waals surface area contributed by atoms with Crippen LogP contribution in [-0.4, -0.2) is 75.7 Å². The molecule has 0 aliphatic carbocycles. The van der Waals surface area contributed by atoms with Gasteiger partial charge in [0.15, 0.2) is 5.96 Å². The van der Waals surface area contributed by atoms with Gasteiger partial charge in [-0.05, 0) is 44.3 Å². The Hall–Kier alpha value is -1.73. The van der Waals surface area contributed by atoms with Crippen LogP contribution in [0.5, 0.6) is 0 Å². The average Bonchev–Trinajstić information content (AvgIpc) is 2.56. The number of likely N-dealkylation sites (N-methyl/N-ethyl adjacent to an activating group) is 2. The Morgan fingerprint density at radius 3 is 2.79 bits per heavy atom. The van der Waals surface area contributed by atoms with E-state index < -0.39 is 5.82 Å². The molecule has 1 aliphatic heterocycles. The van der Waals surface area contributed by atoms with Gasteiger partial charge in [-0.2, -0.15) is 0 Å². The van der Waals surface area contributed by atoms with Gasteiger partial charge in [-0.25, -0.2) is 8.78 Å². The summed E-state index contributed by atoms with van der Waals surface area (Å²) >= 11 is 0. The third-order valence-corrected chi connectivity index (χ3v) is 4.40. The SMILES string of the molecule is CN=C(NCCc1cc(F)ccc1F)NCC1CN(C)CCN1C. The number of hydrogen-bond acceptors (Lipinski definition) is 3. The minimum absolute atomic E-state index is 0.367. The van der Waals surface area contributed by atoms with Crippen LogP contribution in [0.1, 0.15) is 5.56 Å². The fraction of sp³-hybridized carbons (Fsp3) is 0.588. The Balaban J connectivity index is 1.77. The van der Waals surface area contributed by atoms with Crippen molar-refractivity contribution in [3.63, 3.8) is 0 Å². The Labute approximate surface area is 142 Å². The fourth-order valence-corrected chi connectivity index (χ4v) is 2.81. The number of halogens is 2. The van der Waals surface area contributed by atoms with Crippen LogP contribution in [0.4, 0.5) is 8.78 Å². The molecule has 7 heteroatoms. The van der Waals surface area contributed by atoms with Crippen LogP contribution in [0.2, 0.25) is 0 Å². The minimum atomic E-state index is -0.418. The summed E-state index contributed by atoms with van der Waals surface area (Å²) in [6, 6.07) is 3.94. The van der Waals surface area contributed by atoms with Gasteiger partial charge in [0.1, 0.15) is 11.6 Å². The number of rotatable bonds is 5.